The molecule has 2 aliphatic rings. The van der Waals surface area contributed by atoms with Crippen LogP contribution in [0.1, 0.15) is 26.2 Å². The third kappa shape index (κ3) is 6.68. The van der Waals surface area contributed by atoms with Gasteiger partial charge in [-0.1, -0.05) is 6.07 Å². The minimum Gasteiger partial charge on any atom is -0.491 e. The molecule has 2 aliphatic heterocycles. The van der Waals surface area contributed by atoms with E-state index in [1.165, 1.54) is 41.8 Å². The number of ether oxygens (including phenoxy) is 2. The minimum absolute atomic E-state index is 0.0506. The molecule has 3 N–H and O–H groups in total. The summed E-state index contributed by atoms with van der Waals surface area (Å²) in [6, 6.07) is 9.63. The number of benzene rings is 2. The molecule has 1 spiro atoms. The van der Waals surface area contributed by atoms with E-state index in [2.05, 4.69) is 10.0 Å². The number of aryl methyl sites for hydroxylation is 1. The SMILES string of the molecule is CCn1cc(S(=O)(=O)N2CCC3(CC2)C[C@@H](NC[C@H](O)COc2cccc(S(=O)(=O)NC)c2)CO3)c(=O)c2ccc(F)cc21. The standard InChI is InChI=1S/C29H37FN4O8S2/c1-3-33-17-27(28(36)25-8-7-20(30)13-26(25)33)44(39,40)34-11-9-29(10-12-34)15-21(18-42-29)32-16-22(35)19-41-23-5-4-6-24(14-23)43(37,38)31-2/h4-8,13-14,17,21-22,31-32,35H,3,9-12,15-16,18-19H2,1-2H3/t21-,22+/m1/s1. The van der Waals surface area contributed by atoms with Crippen LogP contribution in [0.5, 0.6) is 5.75 Å². The molecular weight excluding hydrogens is 615 g/mol. The highest BCUT2D eigenvalue weighted by Gasteiger charge is 2.45. The van der Waals surface area contributed by atoms with Gasteiger partial charge in [0.25, 0.3) is 0 Å². The Kier molecular flexibility index (Phi) is 9.47. The van der Waals surface area contributed by atoms with Crippen molar-refractivity contribution in [2.75, 3.05) is 39.9 Å². The summed E-state index contributed by atoms with van der Waals surface area (Å²) in [7, 11) is -6.39. The van der Waals surface area contributed by atoms with Gasteiger partial charge in [-0.3, -0.25) is 4.79 Å². The lowest BCUT2D eigenvalue weighted by Gasteiger charge is -2.38. The molecule has 1 aromatic heterocycles. The van der Waals surface area contributed by atoms with E-state index in [9.17, 15) is 31.1 Å². The van der Waals surface area contributed by atoms with Crippen LogP contribution in [0.2, 0.25) is 0 Å². The fraction of sp³-hybridized carbons (Fsp3) is 0.483. The summed E-state index contributed by atoms with van der Waals surface area (Å²) < 4.78 is 81.9. The number of piperidine rings is 1. The Labute approximate surface area is 255 Å². The number of nitrogens with one attached hydrogen (secondary N) is 2. The number of aliphatic hydroxyl groups is 1. The van der Waals surface area contributed by atoms with E-state index in [4.69, 9.17) is 9.47 Å². The second-order valence-electron chi connectivity index (χ2n) is 11.1. The Morgan fingerprint density at radius 1 is 1.16 bits per heavy atom. The van der Waals surface area contributed by atoms with E-state index >= 15 is 0 Å². The zero-order valence-corrected chi connectivity index (χ0v) is 26.2. The van der Waals surface area contributed by atoms with Crippen molar-refractivity contribution in [2.45, 2.75) is 60.3 Å². The molecule has 240 valence electrons. The lowest BCUT2D eigenvalue weighted by atomic mass is 9.88. The highest BCUT2D eigenvalue weighted by molar-refractivity contribution is 7.89. The number of pyridine rings is 1. The van der Waals surface area contributed by atoms with Gasteiger partial charge in [-0.25, -0.2) is 25.9 Å². The molecule has 12 nitrogen and oxygen atoms in total. The normalized spacial score (nSPS) is 19.9. The van der Waals surface area contributed by atoms with Gasteiger partial charge in [0.1, 0.15) is 29.2 Å². The van der Waals surface area contributed by atoms with E-state index in [1.54, 1.807) is 23.6 Å². The van der Waals surface area contributed by atoms with Crippen molar-refractivity contribution in [1.29, 1.82) is 0 Å². The lowest BCUT2D eigenvalue weighted by Crippen LogP contribution is -2.47. The Morgan fingerprint density at radius 2 is 1.91 bits per heavy atom. The fourth-order valence-electron chi connectivity index (χ4n) is 5.78. The van der Waals surface area contributed by atoms with Crippen molar-refractivity contribution in [1.82, 2.24) is 18.9 Å². The van der Waals surface area contributed by atoms with E-state index in [1.807, 2.05) is 0 Å². The molecule has 0 radical (unpaired) electrons. The molecule has 0 aliphatic carbocycles. The fourth-order valence-corrected chi connectivity index (χ4v) is 8.09. The first-order chi connectivity index (χ1) is 20.9. The second kappa shape index (κ2) is 12.8. The number of rotatable bonds is 11. The van der Waals surface area contributed by atoms with Gasteiger partial charge in [-0.05, 0) is 63.6 Å². The van der Waals surface area contributed by atoms with Crippen LogP contribution in [0.25, 0.3) is 10.9 Å². The molecule has 2 saturated heterocycles. The number of nitrogens with zero attached hydrogens (tertiary/aromatic N) is 2. The molecule has 2 fully saturated rings. The molecule has 2 aromatic carbocycles. The van der Waals surface area contributed by atoms with E-state index in [-0.39, 0.29) is 47.5 Å². The van der Waals surface area contributed by atoms with Crippen LogP contribution in [0.3, 0.4) is 0 Å². The van der Waals surface area contributed by atoms with E-state index in [0.717, 1.165) is 6.07 Å². The van der Waals surface area contributed by atoms with Crippen molar-refractivity contribution < 1.29 is 35.8 Å². The van der Waals surface area contributed by atoms with Crippen LogP contribution >= 0.6 is 0 Å². The molecule has 0 unspecified atom stereocenters. The van der Waals surface area contributed by atoms with Crippen LogP contribution in [0, 0.1) is 5.82 Å². The van der Waals surface area contributed by atoms with Gasteiger partial charge < -0.3 is 24.5 Å². The van der Waals surface area contributed by atoms with Crippen molar-refractivity contribution >= 4 is 30.9 Å². The van der Waals surface area contributed by atoms with Crippen LogP contribution in [0.15, 0.2) is 63.2 Å². The van der Waals surface area contributed by atoms with E-state index < -0.39 is 43.0 Å². The number of hydrogen-bond acceptors (Lipinski definition) is 9. The quantitative estimate of drug-likeness (QED) is 0.279. The summed E-state index contributed by atoms with van der Waals surface area (Å²) in [5, 5.41) is 13.9. The van der Waals surface area contributed by atoms with Crippen LogP contribution in [0.4, 0.5) is 4.39 Å². The predicted octanol–water partition coefficient (Wildman–Crippen LogP) is 1.41. The number of aromatic nitrogens is 1. The van der Waals surface area contributed by atoms with Crippen molar-refractivity contribution in [3.8, 4) is 5.75 Å². The van der Waals surface area contributed by atoms with Crippen molar-refractivity contribution in [3.63, 3.8) is 0 Å². The third-order valence-electron chi connectivity index (χ3n) is 8.28. The van der Waals surface area contributed by atoms with Gasteiger partial charge in [0.15, 0.2) is 0 Å². The summed E-state index contributed by atoms with van der Waals surface area (Å²) >= 11 is 0. The van der Waals surface area contributed by atoms with Gasteiger partial charge in [0.2, 0.25) is 25.5 Å². The minimum atomic E-state index is -4.10. The molecule has 0 saturated carbocycles. The average molecular weight is 653 g/mol. The molecular formula is C29H37FN4O8S2. The lowest BCUT2D eigenvalue weighted by molar-refractivity contribution is -0.0312. The molecule has 44 heavy (non-hydrogen) atoms. The first-order valence-corrected chi connectivity index (χ1v) is 17.3. The monoisotopic (exact) mass is 652 g/mol. The van der Waals surface area contributed by atoms with Gasteiger partial charge in [-0.2, -0.15) is 4.31 Å². The number of hydrogen-bond donors (Lipinski definition) is 3. The topological polar surface area (TPSA) is 156 Å². The number of sulfonamides is 2. The predicted molar refractivity (Wildman–Crippen MR) is 161 cm³/mol. The molecule has 3 aromatic rings. The maximum absolute atomic E-state index is 13.8. The molecule has 0 amide bonds. The summed E-state index contributed by atoms with van der Waals surface area (Å²) in [5.41, 5.74) is -0.822. The molecule has 0 bridgehead atoms. The summed E-state index contributed by atoms with van der Waals surface area (Å²) in [6.07, 6.45) is 1.95. The molecule has 15 heteroatoms. The highest BCUT2D eigenvalue weighted by Crippen LogP contribution is 2.37. The third-order valence-corrected chi connectivity index (χ3v) is 11.6. The second-order valence-corrected chi connectivity index (χ2v) is 14.9. The van der Waals surface area contributed by atoms with Gasteiger partial charge in [0.05, 0.1) is 22.6 Å². The summed E-state index contributed by atoms with van der Waals surface area (Å²) in [5.74, 6) is -0.190. The number of aliphatic hydroxyl groups excluding tert-OH is 1. The zero-order valence-electron chi connectivity index (χ0n) is 24.5. The van der Waals surface area contributed by atoms with Crippen LogP contribution in [-0.4, -0.2) is 88.5 Å². The summed E-state index contributed by atoms with van der Waals surface area (Å²) in [6.45, 7) is 3.08. The van der Waals surface area contributed by atoms with Crippen molar-refractivity contribution in [3.05, 3.63) is 64.7 Å². The number of fused-ring (bicyclic) bond motifs is 1. The van der Waals surface area contributed by atoms with Crippen LogP contribution in [-0.2, 0) is 31.3 Å². The van der Waals surface area contributed by atoms with Gasteiger partial charge in [-0.15, -0.1) is 0 Å². The summed E-state index contributed by atoms with van der Waals surface area (Å²) in [4.78, 5) is 12.9. The Balaban J connectivity index is 1.15. The average Bonchev–Trinajstić information content (AvgIpc) is 3.41. The highest BCUT2D eigenvalue weighted by atomic mass is 32.2. The first kappa shape index (κ1) is 32.5. The van der Waals surface area contributed by atoms with E-state index in [0.29, 0.717) is 43.7 Å². The van der Waals surface area contributed by atoms with Crippen molar-refractivity contribution in [2.24, 2.45) is 0 Å². The molecule has 5 rings (SSSR count). The number of halogens is 1. The Bertz CT molecular complexity index is 1790. The molecule has 3 heterocycles. The van der Waals surface area contributed by atoms with Gasteiger partial charge in [0, 0.05) is 49.9 Å². The molecule has 2 atom stereocenters. The Hall–Kier alpha value is -2.92. The first-order valence-electron chi connectivity index (χ1n) is 14.4. The zero-order chi connectivity index (χ0) is 31.7. The maximum atomic E-state index is 13.8. The smallest absolute Gasteiger partial charge is 0.248 e. The largest absolute Gasteiger partial charge is 0.491 e. The van der Waals surface area contributed by atoms with Crippen LogP contribution < -0.4 is 20.2 Å². The van der Waals surface area contributed by atoms with Gasteiger partial charge >= 0.3 is 0 Å². The Morgan fingerprint density at radius 3 is 2.61 bits per heavy atom. The maximum Gasteiger partial charge on any atom is 0.248 e.